The van der Waals surface area contributed by atoms with Gasteiger partial charge in [-0.15, -0.1) is 0 Å². The number of carboxylic acid groups (broad SMARTS) is 3. The van der Waals surface area contributed by atoms with E-state index in [0.717, 1.165) is 68.7 Å². The van der Waals surface area contributed by atoms with Crippen molar-refractivity contribution in [1.29, 1.82) is 0 Å². The van der Waals surface area contributed by atoms with Crippen molar-refractivity contribution < 1.29 is 87.2 Å². The molecule has 0 spiro atoms. The number of aromatic nitrogens is 3. The molecule has 123 heavy (non-hydrogen) atoms. The number of thioether (sulfide) groups is 1. The molecule has 8 rings (SSSR count). The number of nitrogens with one attached hydrogen (secondary N) is 12. The maximum Gasteiger partial charge on any atom is 0.317 e. The highest BCUT2D eigenvalue weighted by atomic mass is 32.2. The molecule has 3 heterocycles. The summed E-state index contributed by atoms with van der Waals surface area (Å²) in [5.41, 5.74) is 13.1. The van der Waals surface area contributed by atoms with E-state index in [1.165, 1.54) is 31.2 Å². The molecule has 3 unspecified atom stereocenters. The zero-order valence-corrected chi connectivity index (χ0v) is 73.5. The van der Waals surface area contributed by atoms with Crippen molar-refractivity contribution >= 4 is 111 Å². The molecular formula is C85H133N19O18S. The van der Waals surface area contributed by atoms with Gasteiger partial charge in [0.1, 0.15) is 42.3 Å². The number of carbonyl (C=O) groups is 15. The van der Waals surface area contributed by atoms with Crippen LogP contribution in [0.2, 0.25) is 0 Å². The smallest absolute Gasteiger partial charge is 0.317 e. The van der Waals surface area contributed by atoms with E-state index in [2.05, 4.69) is 88.9 Å². The van der Waals surface area contributed by atoms with Crippen LogP contribution in [0.4, 0.5) is 0 Å². The van der Waals surface area contributed by atoms with Crippen molar-refractivity contribution in [3.8, 4) is 0 Å². The average Bonchev–Trinajstić information content (AvgIpc) is 1.55. The molecule has 4 aliphatic carbocycles. The number of primary amides is 2. The summed E-state index contributed by atoms with van der Waals surface area (Å²) in [6, 6.07) is -1.45. The van der Waals surface area contributed by atoms with Crippen molar-refractivity contribution in [1.82, 2.24) is 87.7 Å². The largest absolute Gasteiger partial charge is 0.480 e. The zero-order valence-electron chi connectivity index (χ0n) is 72.7. The molecule has 16 atom stereocenters. The average molecular weight is 1740 g/mol. The Balaban J connectivity index is 0.827. The Hall–Kier alpha value is -9.79. The number of para-hydroxylation sites is 1. The molecule has 682 valence electrons. The monoisotopic (exact) mass is 1740 g/mol. The summed E-state index contributed by atoms with van der Waals surface area (Å²) in [6.45, 7) is 15.5. The lowest BCUT2D eigenvalue weighted by molar-refractivity contribution is -0.140. The van der Waals surface area contributed by atoms with Crippen LogP contribution < -0.4 is 64.6 Å². The number of aromatic amines is 2. The number of amides is 12. The first-order valence-corrected chi connectivity index (χ1v) is 44.8. The van der Waals surface area contributed by atoms with Crippen molar-refractivity contribution in [2.24, 2.45) is 69.6 Å². The molecule has 5 fully saturated rings. The number of carbonyl (C=O) groups excluding carboxylic acids is 12. The number of H-pyrrole nitrogens is 2. The minimum atomic E-state index is -1.37. The molecule has 2 aromatic heterocycles. The van der Waals surface area contributed by atoms with E-state index >= 15 is 0 Å². The lowest BCUT2D eigenvalue weighted by atomic mass is 9.44. The molecule has 0 radical (unpaired) electrons. The molecule has 0 bridgehead atoms. The number of hydrogen-bond acceptors (Lipinski definition) is 21. The van der Waals surface area contributed by atoms with Crippen LogP contribution in [0.15, 0.2) is 43.0 Å². The second-order valence-corrected chi connectivity index (χ2v) is 36.7. The Labute approximate surface area is 723 Å². The third-order valence-electron chi connectivity index (χ3n) is 26.2. The normalized spacial score (nSPS) is 23.6. The quantitative estimate of drug-likeness (QED) is 0.0368. The lowest BCUT2D eigenvalue weighted by Crippen LogP contribution is -2.59. The number of nitrogens with zero attached hydrogens (tertiary/aromatic N) is 5. The molecule has 3 aromatic rings. The van der Waals surface area contributed by atoms with E-state index in [9.17, 15) is 87.2 Å². The SMILES string of the molecule is CSCC[C@H](NC(=O)[C@H](CC(C)C)NC(=O)[C@H](Cc1c[nH]cn1)NC(=O)CNC(=O)[C@@H](NC(=O)[C@H](C)NC(=O)[C@H](Cc1c[nH]c2ccccc12)NC(=O)[C@H](CCC(N)=O)NC(=O)CC[C@@H](C)[C@H]1CCC2C3CC[C@@H]4C[C@@H](NC(=O)CNC(=O)CN5CCN(CC(=O)O)CCN(CC(=O)O)CCN(CC(=O)O)CC5)CC[C@]4(C)C3CC[C@@]21C)C(C)C)C(N)=O. The van der Waals surface area contributed by atoms with Gasteiger partial charge >= 0.3 is 17.9 Å². The molecule has 12 amide bonds. The summed E-state index contributed by atoms with van der Waals surface area (Å²) in [4.78, 5) is 217. The van der Waals surface area contributed by atoms with Gasteiger partial charge in [-0.05, 0) is 172 Å². The van der Waals surface area contributed by atoms with E-state index < -0.39 is 138 Å². The zero-order chi connectivity index (χ0) is 90.0. The number of nitrogens with two attached hydrogens (primary N) is 2. The van der Waals surface area contributed by atoms with Gasteiger partial charge in [0.15, 0.2) is 0 Å². The predicted octanol–water partition coefficient (Wildman–Crippen LogP) is 0.564. The van der Waals surface area contributed by atoms with E-state index in [1.54, 1.807) is 34.7 Å². The number of carboxylic acids is 3. The van der Waals surface area contributed by atoms with Crippen LogP contribution in [0.3, 0.4) is 0 Å². The Morgan fingerprint density at radius 3 is 1.70 bits per heavy atom. The van der Waals surface area contributed by atoms with Gasteiger partial charge in [-0.1, -0.05) is 66.7 Å². The van der Waals surface area contributed by atoms with Crippen LogP contribution in [-0.4, -0.2) is 291 Å². The fraction of sp³-hybridized carbons (Fsp3) is 0.694. The summed E-state index contributed by atoms with van der Waals surface area (Å²) in [6.07, 6.45) is 15.6. The fourth-order valence-electron chi connectivity index (χ4n) is 19.6. The highest BCUT2D eigenvalue weighted by molar-refractivity contribution is 7.98. The summed E-state index contributed by atoms with van der Waals surface area (Å²) in [5.74, 6) is -8.93. The number of fused-ring (bicyclic) bond motifs is 6. The van der Waals surface area contributed by atoms with Gasteiger partial charge in [0.25, 0.3) is 0 Å². The van der Waals surface area contributed by atoms with E-state index in [-0.39, 0.29) is 165 Å². The fourth-order valence-corrected chi connectivity index (χ4v) is 20.0. The van der Waals surface area contributed by atoms with Crippen LogP contribution in [0, 0.1) is 58.2 Å². The topological polar surface area (TPSA) is 547 Å². The Bertz CT molecular complexity index is 4120. The lowest BCUT2D eigenvalue weighted by Gasteiger charge is -2.61. The summed E-state index contributed by atoms with van der Waals surface area (Å²) >= 11 is 1.46. The first kappa shape index (κ1) is 98.6. The van der Waals surface area contributed by atoms with Gasteiger partial charge in [-0.25, -0.2) is 4.98 Å². The van der Waals surface area contributed by atoms with Gasteiger partial charge in [-0.3, -0.25) is 91.5 Å². The summed E-state index contributed by atoms with van der Waals surface area (Å²) < 4.78 is 0. The van der Waals surface area contributed by atoms with Crippen LogP contribution >= 0.6 is 11.8 Å². The van der Waals surface area contributed by atoms with Gasteiger partial charge in [0.2, 0.25) is 70.9 Å². The molecule has 1 aliphatic heterocycles. The van der Waals surface area contributed by atoms with Gasteiger partial charge in [0, 0.05) is 107 Å². The minimum absolute atomic E-state index is 0.0237. The maximum absolute atomic E-state index is 14.7. The van der Waals surface area contributed by atoms with Gasteiger partial charge in [-0.2, -0.15) is 11.8 Å². The van der Waals surface area contributed by atoms with Gasteiger partial charge in [0.05, 0.1) is 51.3 Å². The van der Waals surface area contributed by atoms with Crippen molar-refractivity contribution in [3.63, 3.8) is 0 Å². The van der Waals surface area contributed by atoms with E-state index in [1.807, 2.05) is 49.3 Å². The number of imidazole rings is 1. The summed E-state index contributed by atoms with van der Waals surface area (Å²) in [7, 11) is 0. The minimum Gasteiger partial charge on any atom is -0.480 e. The number of hydrogen-bond donors (Lipinski definition) is 17. The van der Waals surface area contributed by atoms with Crippen molar-refractivity contribution in [2.75, 3.05) is 104 Å². The van der Waals surface area contributed by atoms with Gasteiger partial charge < -0.3 is 89.9 Å². The second-order valence-electron chi connectivity index (χ2n) is 35.8. The van der Waals surface area contributed by atoms with Crippen LogP contribution in [0.1, 0.15) is 163 Å². The molecule has 1 saturated heterocycles. The number of rotatable bonds is 44. The predicted molar refractivity (Wildman–Crippen MR) is 459 cm³/mol. The van der Waals surface area contributed by atoms with Crippen LogP contribution in [-0.2, 0) is 84.8 Å². The first-order valence-electron chi connectivity index (χ1n) is 43.4. The second kappa shape index (κ2) is 46.8. The first-order chi connectivity index (χ1) is 58.3. The third-order valence-corrected chi connectivity index (χ3v) is 26.8. The Morgan fingerprint density at radius 1 is 0.545 bits per heavy atom. The Morgan fingerprint density at radius 2 is 1.11 bits per heavy atom. The molecule has 5 aliphatic rings. The molecule has 38 heteroatoms. The maximum atomic E-state index is 14.7. The molecule has 37 nitrogen and oxygen atoms in total. The Kier molecular flexibility index (Phi) is 37.5. The number of aliphatic carboxylic acids is 3. The van der Waals surface area contributed by atoms with E-state index in [4.69, 9.17) is 11.5 Å². The molecule has 4 saturated carbocycles. The molecule has 19 N–H and O–H groups in total. The van der Waals surface area contributed by atoms with E-state index in [0.29, 0.717) is 53.0 Å². The molecule has 1 aromatic carbocycles. The number of benzene rings is 1. The van der Waals surface area contributed by atoms with Crippen molar-refractivity contribution in [2.45, 2.75) is 213 Å². The summed E-state index contributed by atoms with van der Waals surface area (Å²) in [5, 5.41) is 57.1. The van der Waals surface area contributed by atoms with Crippen molar-refractivity contribution in [3.05, 3.63) is 54.2 Å². The van der Waals surface area contributed by atoms with Crippen LogP contribution in [0.5, 0.6) is 0 Å². The molecular weight excluding hydrogens is 1610 g/mol. The third kappa shape index (κ3) is 29.4. The standard InChI is InChI=1S/C85H133N19O18S/c1-49(2)36-65(81(120)97-63(77(87)116)24-35-123-9)98-82(121)67(39-56-41-88-48-92-56)96-71(108)43-91-83(122)76(50(3)4)100-78(117)52(6)93-80(119)66(37-53-40-89-62-13-11-10-12-57(53)62)99-79(118)64(19-20-68(86)105)95-69(106)21-14-51(5)59-17-18-60-58-16-15-54-38-55(22-25-84(54,7)61(58)23-26-85(59,60)8)94-70(107)42-90-72(109)44-101-27-29-102(45-73(110)111)31-33-104(47-75(114)115)34-32-103(30-28-101)46-74(112)113/h10-13,40-41,48-52,54-55,58-61,63-67,76,89H,14-39,42-47H2,1-9H3,(H2,86,105)(H2,87,116)(H,88,92)(H,90,109)(H,91,122)(H,93,119)(H,94,107)(H,95,106)(H,96,108)(H,97,120)(H,98,121)(H,99,118)(H,100,117)(H,110,111)(H,112,113)(H,114,115)/t51-,52+,54-,55+,58?,59-,60?,61?,63+,64+,65+,66+,67+,76+,84+,85-/m1/s1. The highest BCUT2D eigenvalue weighted by Crippen LogP contribution is 2.68. The highest BCUT2D eigenvalue weighted by Gasteiger charge is 2.61. The van der Waals surface area contributed by atoms with Crippen LogP contribution in [0.25, 0.3) is 10.9 Å².